The SMILES string of the molecule is CN(CCO[C@H]1CCCCO1)[C@H]1CCN(Cc2ccccc2)C1=O. The number of hydrogen-bond acceptors (Lipinski definition) is 4. The lowest BCUT2D eigenvalue weighted by Crippen LogP contribution is -2.41. The predicted molar refractivity (Wildman–Crippen MR) is 92.4 cm³/mol. The molecule has 5 nitrogen and oxygen atoms in total. The molecular weight excluding hydrogens is 304 g/mol. The van der Waals surface area contributed by atoms with Gasteiger partial charge in [-0.3, -0.25) is 9.69 Å². The molecule has 132 valence electrons. The molecule has 3 rings (SSSR count). The first-order chi connectivity index (χ1) is 11.7. The van der Waals surface area contributed by atoms with Crippen molar-refractivity contribution in [2.75, 3.05) is 33.4 Å². The third-order valence-electron chi connectivity index (χ3n) is 4.90. The zero-order valence-corrected chi connectivity index (χ0v) is 14.5. The van der Waals surface area contributed by atoms with Crippen molar-refractivity contribution < 1.29 is 14.3 Å². The topological polar surface area (TPSA) is 42.0 Å². The molecule has 0 aromatic heterocycles. The molecule has 2 saturated heterocycles. The van der Waals surface area contributed by atoms with E-state index in [2.05, 4.69) is 17.0 Å². The number of nitrogens with zero attached hydrogens (tertiary/aromatic N) is 2. The van der Waals surface area contributed by atoms with Crippen LogP contribution in [0, 0.1) is 0 Å². The maximum Gasteiger partial charge on any atom is 0.240 e. The molecule has 5 heteroatoms. The fraction of sp³-hybridized carbons (Fsp3) is 0.632. The van der Waals surface area contributed by atoms with Crippen molar-refractivity contribution in [1.82, 2.24) is 9.80 Å². The Kier molecular flexibility index (Phi) is 6.24. The van der Waals surface area contributed by atoms with Crippen LogP contribution in [-0.2, 0) is 20.8 Å². The average Bonchev–Trinajstić information content (AvgIpc) is 2.97. The summed E-state index contributed by atoms with van der Waals surface area (Å²) in [5.41, 5.74) is 1.19. The largest absolute Gasteiger partial charge is 0.353 e. The number of carbonyl (C=O) groups excluding carboxylic acids is 1. The quantitative estimate of drug-likeness (QED) is 0.768. The van der Waals surface area contributed by atoms with E-state index in [1.54, 1.807) is 0 Å². The maximum absolute atomic E-state index is 12.6. The number of likely N-dealkylation sites (N-methyl/N-ethyl adjacent to an activating group) is 1. The van der Waals surface area contributed by atoms with Crippen molar-refractivity contribution in [1.29, 1.82) is 0 Å². The Labute approximate surface area is 144 Å². The molecule has 0 radical (unpaired) electrons. The van der Waals surface area contributed by atoms with Gasteiger partial charge in [-0.05, 0) is 38.3 Å². The van der Waals surface area contributed by atoms with E-state index in [4.69, 9.17) is 9.47 Å². The standard InChI is InChI=1S/C19H28N2O3/c1-20(12-14-24-18-9-5-6-13-23-18)17-10-11-21(19(17)22)15-16-7-3-2-4-8-16/h2-4,7-8,17-18H,5-6,9-15H2,1H3/t17-,18-/m0/s1. The van der Waals surface area contributed by atoms with E-state index in [0.717, 1.165) is 39.0 Å². The Hall–Kier alpha value is -1.43. The third-order valence-corrected chi connectivity index (χ3v) is 4.90. The Morgan fingerprint density at radius 3 is 2.83 bits per heavy atom. The normalized spacial score (nSPS) is 24.8. The first kappa shape index (κ1) is 17.4. The van der Waals surface area contributed by atoms with Gasteiger partial charge in [0.15, 0.2) is 6.29 Å². The van der Waals surface area contributed by atoms with Crippen LogP contribution in [0.1, 0.15) is 31.2 Å². The fourth-order valence-electron chi connectivity index (χ4n) is 3.42. The molecule has 2 atom stereocenters. The molecule has 2 aliphatic heterocycles. The molecular formula is C19H28N2O3. The van der Waals surface area contributed by atoms with E-state index in [1.807, 2.05) is 30.1 Å². The Morgan fingerprint density at radius 2 is 2.08 bits per heavy atom. The number of hydrogen-bond donors (Lipinski definition) is 0. The Balaban J connectivity index is 1.42. The second-order valence-corrected chi connectivity index (χ2v) is 6.70. The summed E-state index contributed by atoms with van der Waals surface area (Å²) in [6, 6.07) is 10.2. The summed E-state index contributed by atoms with van der Waals surface area (Å²) < 4.78 is 11.4. The van der Waals surface area contributed by atoms with Gasteiger partial charge in [0.25, 0.3) is 0 Å². The average molecular weight is 332 g/mol. The van der Waals surface area contributed by atoms with Crippen molar-refractivity contribution >= 4 is 5.91 Å². The van der Waals surface area contributed by atoms with Gasteiger partial charge in [0, 0.05) is 26.2 Å². The minimum Gasteiger partial charge on any atom is -0.353 e. The summed E-state index contributed by atoms with van der Waals surface area (Å²) in [5.74, 6) is 0.232. The Bertz CT molecular complexity index is 517. The predicted octanol–water partition coefficient (Wildman–Crippen LogP) is 2.26. The third kappa shape index (κ3) is 4.56. The van der Waals surface area contributed by atoms with Gasteiger partial charge < -0.3 is 14.4 Å². The molecule has 0 unspecified atom stereocenters. The van der Waals surface area contributed by atoms with Crippen LogP contribution in [0.25, 0.3) is 0 Å². The second kappa shape index (κ2) is 8.60. The van der Waals surface area contributed by atoms with Crippen LogP contribution < -0.4 is 0 Å². The van der Waals surface area contributed by atoms with Crippen LogP contribution in [0.5, 0.6) is 0 Å². The second-order valence-electron chi connectivity index (χ2n) is 6.70. The highest BCUT2D eigenvalue weighted by Crippen LogP contribution is 2.19. The highest BCUT2D eigenvalue weighted by molar-refractivity contribution is 5.83. The summed E-state index contributed by atoms with van der Waals surface area (Å²) >= 11 is 0. The highest BCUT2D eigenvalue weighted by Gasteiger charge is 2.34. The molecule has 0 aliphatic carbocycles. The van der Waals surface area contributed by atoms with Gasteiger partial charge in [0.1, 0.15) is 0 Å². The van der Waals surface area contributed by atoms with E-state index in [9.17, 15) is 4.79 Å². The summed E-state index contributed by atoms with van der Waals surface area (Å²) in [5, 5.41) is 0. The summed E-state index contributed by atoms with van der Waals surface area (Å²) in [6.45, 7) is 3.71. The van der Waals surface area contributed by atoms with Crippen molar-refractivity contribution in [2.45, 2.75) is 44.6 Å². The molecule has 2 fully saturated rings. The zero-order valence-electron chi connectivity index (χ0n) is 14.5. The van der Waals surface area contributed by atoms with Crippen LogP contribution in [0.4, 0.5) is 0 Å². The van der Waals surface area contributed by atoms with Gasteiger partial charge in [0.05, 0.1) is 12.6 Å². The van der Waals surface area contributed by atoms with E-state index < -0.39 is 0 Å². The van der Waals surface area contributed by atoms with E-state index in [0.29, 0.717) is 13.2 Å². The van der Waals surface area contributed by atoms with Gasteiger partial charge in [-0.15, -0.1) is 0 Å². The van der Waals surface area contributed by atoms with Crippen LogP contribution in [-0.4, -0.2) is 61.4 Å². The van der Waals surface area contributed by atoms with Crippen molar-refractivity contribution in [3.63, 3.8) is 0 Å². The zero-order chi connectivity index (χ0) is 16.8. The smallest absolute Gasteiger partial charge is 0.240 e. The number of amides is 1. The molecule has 0 saturated carbocycles. The summed E-state index contributed by atoms with van der Waals surface area (Å²) in [4.78, 5) is 16.7. The number of ether oxygens (including phenoxy) is 2. The number of rotatable bonds is 7. The molecule has 0 bridgehead atoms. The monoisotopic (exact) mass is 332 g/mol. The molecule has 1 amide bonds. The van der Waals surface area contributed by atoms with Crippen LogP contribution in [0.3, 0.4) is 0 Å². The first-order valence-corrected chi connectivity index (χ1v) is 9.00. The van der Waals surface area contributed by atoms with Crippen LogP contribution >= 0.6 is 0 Å². The lowest BCUT2D eigenvalue weighted by molar-refractivity contribution is -0.164. The lowest BCUT2D eigenvalue weighted by Gasteiger charge is -2.26. The summed E-state index contributed by atoms with van der Waals surface area (Å²) in [6.07, 6.45) is 4.13. The van der Waals surface area contributed by atoms with Crippen molar-refractivity contribution in [3.05, 3.63) is 35.9 Å². The highest BCUT2D eigenvalue weighted by atomic mass is 16.7. The molecule has 1 aromatic carbocycles. The maximum atomic E-state index is 12.6. The molecule has 0 spiro atoms. The fourth-order valence-corrected chi connectivity index (χ4v) is 3.42. The molecule has 1 aromatic rings. The van der Waals surface area contributed by atoms with Gasteiger partial charge in [-0.1, -0.05) is 30.3 Å². The van der Waals surface area contributed by atoms with Crippen LogP contribution in [0.2, 0.25) is 0 Å². The molecule has 0 N–H and O–H groups in total. The Morgan fingerprint density at radius 1 is 1.25 bits per heavy atom. The van der Waals surface area contributed by atoms with Crippen LogP contribution in [0.15, 0.2) is 30.3 Å². The minimum absolute atomic E-state index is 0.0235. The van der Waals surface area contributed by atoms with Crippen molar-refractivity contribution in [2.24, 2.45) is 0 Å². The molecule has 24 heavy (non-hydrogen) atoms. The van der Waals surface area contributed by atoms with Gasteiger partial charge in [-0.2, -0.15) is 0 Å². The van der Waals surface area contributed by atoms with E-state index in [-0.39, 0.29) is 18.2 Å². The van der Waals surface area contributed by atoms with E-state index in [1.165, 1.54) is 12.0 Å². The van der Waals surface area contributed by atoms with Gasteiger partial charge in [0.2, 0.25) is 5.91 Å². The number of carbonyl (C=O) groups is 1. The van der Waals surface area contributed by atoms with Gasteiger partial charge in [-0.25, -0.2) is 0 Å². The van der Waals surface area contributed by atoms with Gasteiger partial charge >= 0.3 is 0 Å². The molecule has 2 aliphatic rings. The lowest BCUT2D eigenvalue weighted by atomic mass is 10.2. The number of benzene rings is 1. The van der Waals surface area contributed by atoms with E-state index >= 15 is 0 Å². The van der Waals surface area contributed by atoms with Crippen molar-refractivity contribution in [3.8, 4) is 0 Å². The summed E-state index contributed by atoms with van der Waals surface area (Å²) in [7, 11) is 2.01. The minimum atomic E-state index is -0.0546. The molecule has 2 heterocycles. The first-order valence-electron chi connectivity index (χ1n) is 9.00. The number of likely N-dealkylation sites (tertiary alicyclic amines) is 1.